The lowest BCUT2D eigenvalue weighted by Gasteiger charge is -2.41. The zero-order valence-electron chi connectivity index (χ0n) is 21.1. The van der Waals surface area contributed by atoms with Gasteiger partial charge in [0.1, 0.15) is 6.04 Å². The first-order valence-electron chi connectivity index (χ1n) is 12.6. The molecule has 0 saturated carbocycles. The van der Waals surface area contributed by atoms with Crippen molar-refractivity contribution in [2.75, 3.05) is 33.3 Å². The van der Waals surface area contributed by atoms with Crippen LogP contribution in [0.3, 0.4) is 0 Å². The number of likely N-dealkylation sites (N-methyl/N-ethyl adjacent to an activating group) is 1. The van der Waals surface area contributed by atoms with E-state index in [4.69, 9.17) is 0 Å². The maximum Gasteiger partial charge on any atom is 0.247 e. The van der Waals surface area contributed by atoms with Crippen LogP contribution in [0.1, 0.15) is 46.5 Å². The Morgan fingerprint density at radius 2 is 1.94 bits per heavy atom. The molecule has 0 aromatic heterocycles. The SMILES string of the molecule is C=CCN(C)C(=O)[C@@H]1[C@@H]2CC(C)C3(S2)C(C(=O)N(CC=C)CCCCC)N([C@H](C)CO)C(=O)[C@H]13. The Labute approximate surface area is 208 Å². The van der Waals surface area contributed by atoms with Crippen LogP contribution in [0.5, 0.6) is 0 Å². The number of carbonyl (C=O) groups excluding carboxylic acids is 3. The van der Waals surface area contributed by atoms with E-state index >= 15 is 0 Å². The molecular formula is C26H41N3O4S. The fraction of sp³-hybridized carbons (Fsp3) is 0.731. The minimum atomic E-state index is -0.693. The van der Waals surface area contributed by atoms with Crippen LogP contribution in [-0.4, -0.2) is 92.9 Å². The summed E-state index contributed by atoms with van der Waals surface area (Å²) in [5.41, 5.74) is 0. The van der Waals surface area contributed by atoms with Crippen molar-refractivity contribution in [1.82, 2.24) is 14.7 Å². The summed E-state index contributed by atoms with van der Waals surface area (Å²) in [6.45, 7) is 14.8. The molecule has 0 aromatic rings. The summed E-state index contributed by atoms with van der Waals surface area (Å²) in [5, 5.41) is 10.0. The summed E-state index contributed by atoms with van der Waals surface area (Å²) in [5.74, 6) is -1.22. The third-order valence-electron chi connectivity index (χ3n) is 7.91. The van der Waals surface area contributed by atoms with Gasteiger partial charge in [0.15, 0.2) is 0 Å². The molecule has 1 spiro atoms. The molecule has 0 aromatic carbocycles. The number of likely N-dealkylation sites (tertiary alicyclic amines) is 1. The standard InChI is InChI=1S/C26H41N3O4S/c1-7-10-11-14-28(13-9-3)25(33)22-26-17(4)15-19(34-26)20(23(31)27(6)12-8-2)21(26)24(32)29(22)18(5)16-30/h8-9,17-22,30H,2-3,7,10-16H2,1,4-6H3/t17?,18-,19+,20-,21+,22?,26?/m1/s1. The fourth-order valence-corrected chi connectivity index (χ4v) is 8.69. The van der Waals surface area contributed by atoms with Gasteiger partial charge < -0.3 is 19.8 Å². The van der Waals surface area contributed by atoms with Crippen LogP contribution in [0.15, 0.2) is 25.3 Å². The summed E-state index contributed by atoms with van der Waals surface area (Å²) in [4.78, 5) is 46.7. The lowest BCUT2D eigenvalue weighted by molar-refractivity contribution is -0.146. The summed E-state index contributed by atoms with van der Waals surface area (Å²) >= 11 is 1.67. The highest BCUT2D eigenvalue weighted by atomic mass is 32.2. The first-order valence-corrected chi connectivity index (χ1v) is 13.4. The van der Waals surface area contributed by atoms with Gasteiger partial charge in [-0.25, -0.2) is 0 Å². The van der Waals surface area contributed by atoms with Gasteiger partial charge in [0.2, 0.25) is 17.7 Å². The van der Waals surface area contributed by atoms with Crippen molar-refractivity contribution in [3.05, 3.63) is 25.3 Å². The molecule has 190 valence electrons. The Kier molecular flexibility index (Phi) is 8.56. The Morgan fingerprint density at radius 1 is 1.26 bits per heavy atom. The van der Waals surface area contributed by atoms with E-state index in [0.717, 1.165) is 25.7 Å². The van der Waals surface area contributed by atoms with Crippen LogP contribution in [-0.2, 0) is 14.4 Å². The van der Waals surface area contributed by atoms with Gasteiger partial charge in [-0.3, -0.25) is 14.4 Å². The molecule has 3 unspecified atom stereocenters. The largest absolute Gasteiger partial charge is 0.394 e. The summed E-state index contributed by atoms with van der Waals surface area (Å²) < 4.78 is -0.665. The first kappa shape index (κ1) is 26.8. The number of aliphatic hydroxyl groups excluding tert-OH is 1. The first-order chi connectivity index (χ1) is 16.2. The van der Waals surface area contributed by atoms with Crippen LogP contribution in [0, 0.1) is 17.8 Å². The molecule has 3 amide bonds. The van der Waals surface area contributed by atoms with E-state index in [1.54, 1.807) is 47.7 Å². The molecule has 7 nitrogen and oxygen atoms in total. The quantitative estimate of drug-likeness (QED) is 0.335. The molecule has 7 atom stereocenters. The molecule has 2 bridgehead atoms. The highest BCUT2D eigenvalue weighted by Gasteiger charge is 2.76. The number of hydrogen-bond acceptors (Lipinski definition) is 5. The molecule has 3 fully saturated rings. The second-order valence-corrected chi connectivity index (χ2v) is 11.7. The third-order valence-corrected chi connectivity index (χ3v) is 9.99. The molecule has 1 N–H and O–H groups in total. The third kappa shape index (κ3) is 4.21. The Hall–Kier alpha value is -1.80. The lowest BCUT2D eigenvalue weighted by Crippen LogP contribution is -2.59. The lowest BCUT2D eigenvalue weighted by atomic mass is 9.65. The zero-order chi connectivity index (χ0) is 25.2. The zero-order valence-corrected chi connectivity index (χ0v) is 21.9. The maximum atomic E-state index is 14.2. The van der Waals surface area contributed by atoms with E-state index in [1.165, 1.54) is 0 Å². The second-order valence-electron chi connectivity index (χ2n) is 10.1. The van der Waals surface area contributed by atoms with E-state index < -0.39 is 28.7 Å². The smallest absolute Gasteiger partial charge is 0.247 e. The van der Waals surface area contributed by atoms with Crippen molar-refractivity contribution in [1.29, 1.82) is 0 Å². The van der Waals surface area contributed by atoms with Crippen LogP contribution in [0.25, 0.3) is 0 Å². The molecule has 3 saturated heterocycles. The average Bonchev–Trinajstić information content (AvgIpc) is 3.41. The van der Waals surface area contributed by atoms with Gasteiger partial charge in [0, 0.05) is 31.9 Å². The van der Waals surface area contributed by atoms with Gasteiger partial charge in [0.05, 0.1) is 29.2 Å². The van der Waals surface area contributed by atoms with Crippen LogP contribution in [0.4, 0.5) is 0 Å². The average molecular weight is 492 g/mol. The molecule has 3 rings (SSSR count). The summed E-state index contributed by atoms with van der Waals surface area (Å²) in [6, 6.07) is -1.20. The van der Waals surface area contributed by atoms with E-state index in [0.29, 0.717) is 19.6 Å². The topological polar surface area (TPSA) is 81.2 Å². The predicted octanol–water partition coefficient (Wildman–Crippen LogP) is 2.55. The van der Waals surface area contributed by atoms with Crippen LogP contribution in [0.2, 0.25) is 0 Å². The maximum absolute atomic E-state index is 14.2. The van der Waals surface area contributed by atoms with Crippen molar-refractivity contribution in [2.24, 2.45) is 17.8 Å². The van der Waals surface area contributed by atoms with E-state index in [2.05, 4.69) is 27.0 Å². The normalized spacial score (nSPS) is 32.4. The number of unbranched alkanes of at least 4 members (excludes halogenated alkanes) is 2. The van der Waals surface area contributed by atoms with E-state index in [-0.39, 0.29) is 35.5 Å². The highest BCUT2D eigenvalue weighted by Crippen LogP contribution is 2.69. The Balaban J connectivity index is 2.05. The monoisotopic (exact) mass is 491 g/mol. The predicted molar refractivity (Wildman–Crippen MR) is 136 cm³/mol. The number of hydrogen-bond donors (Lipinski definition) is 1. The van der Waals surface area contributed by atoms with Crippen molar-refractivity contribution in [3.63, 3.8) is 0 Å². The van der Waals surface area contributed by atoms with Gasteiger partial charge in [-0.05, 0) is 25.7 Å². The van der Waals surface area contributed by atoms with Gasteiger partial charge in [0.25, 0.3) is 0 Å². The van der Waals surface area contributed by atoms with Gasteiger partial charge in [-0.1, -0.05) is 38.8 Å². The molecule has 34 heavy (non-hydrogen) atoms. The van der Waals surface area contributed by atoms with Gasteiger partial charge >= 0.3 is 0 Å². The molecule has 3 aliphatic heterocycles. The molecule has 3 aliphatic rings. The minimum absolute atomic E-state index is 0.0125. The summed E-state index contributed by atoms with van der Waals surface area (Å²) in [6.07, 6.45) is 7.18. The number of rotatable bonds is 12. The van der Waals surface area contributed by atoms with Crippen LogP contribution < -0.4 is 0 Å². The molecular weight excluding hydrogens is 450 g/mol. The number of carbonyl (C=O) groups is 3. The van der Waals surface area contributed by atoms with E-state index in [1.807, 2.05) is 4.90 Å². The fourth-order valence-electron chi connectivity index (χ4n) is 6.29. The van der Waals surface area contributed by atoms with E-state index in [9.17, 15) is 19.5 Å². The summed E-state index contributed by atoms with van der Waals surface area (Å²) in [7, 11) is 1.74. The Bertz CT molecular complexity index is 820. The minimum Gasteiger partial charge on any atom is -0.394 e. The van der Waals surface area contributed by atoms with Crippen molar-refractivity contribution in [3.8, 4) is 0 Å². The molecule has 3 heterocycles. The highest BCUT2D eigenvalue weighted by molar-refractivity contribution is 8.02. The van der Waals surface area contributed by atoms with Crippen molar-refractivity contribution in [2.45, 2.75) is 68.5 Å². The number of aliphatic hydroxyl groups is 1. The van der Waals surface area contributed by atoms with Gasteiger partial charge in [-0.15, -0.1) is 24.9 Å². The molecule has 0 aliphatic carbocycles. The number of fused-ring (bicyclic) bond motifs is 1. The molecule has 0 radical (unpaired) electrons. The molecule has 8 heteroatoms. The van der Waals surface area contributed by atoms with Gasteiger partial charge in [-0.2, -0.15) is 0 Å². The number of nitrogens with zero attached hydrogens (tertiary/aromatic N) is 3. The van der Waals surface area contributed by atoms with Crippen molar-refractivity contribution < 1.29 is 19.5 Å². The number of amides is 3. The van der Waals surface area contributed by atoms with Crippen molar-refractivity contribution >= 4 is 29.5 Å². The van der Waals surface area contributed by atoms with Crippen LogP contribution >= 0.6 is 11.8 Å². The second kappa shape index (κ2) is 10.9. The number of thioether (sulfide) groups is 1. The Morgan fingerprint density at radius 3 is 2.53 bits per heavy atom.